The van der Waals surface area contributed by atoms with E-state index in [9.17, 15) is 4.79 Å². The maximum absolute atomic E-state index is 13.0. The molecule has 37 heavy (non-hydrogen) atoms. The summed E-state index contributed by atoms with van der Waals surface area (Å²) < 4.78 is 18.4. The molecule has 1 aromatic heterocycles. The summed E-state index contributed by atoms with van der Waals surface area (Å²) in [6.45, 7) is 2.06. The smallest absolute Gasteiger partial charge is 0.308 e. The van der Waals surface area contributed by atoms with E-state index >= 15 is 0 Å². The Bertz CT molecular complexity index is 1390. The van der Waals surface area contributed by atoms with Crippen LogP contribution >= 0.6 is 11.6 Å². The highest BCUT2D eigenvalue weighted by Crippen LogP contribution is 2.39. The second-order valence-electron chi connectivity index (χ2n) is 8.88. The van der Waals surface area contributed by atoms with Crippen molar-refractivity contribution in [2.45, 2.75) is 32.4 Å². The number of benzene rings is 2. The number of carbonyl (C=O) groups excluding carboxylic acids is 1. The number of hydrogen-bond acceptors (Lipinski definition) is 7. The second kappa shape index (κ2) is 10.6. The molecule has 190 valence electrons. The zero-order chi connectivity index (χ0) is 25.9. The van der Waals surface area contributed by atoms with Gasteiger partial charge in [-0.3, -0.25) is 14.4 Å². The molecule has 2 aliphatic rings. The summed E-state index contributed by atoms with van der Waals surface area (Å²) in [4.78, 5) is 18.1. The zero-order valence-corrected chi connectivity index (χ0v) is 21.6. The molecule has 9 heteroatoms. The van der Waals surface area contributed by atoms with Crippen LogP contribution < -0.4 is 4.74 Å². The number of methoxy groups -OCH3 is 2. The summed E-state index contributed by atoms with van der Waals surface area (Å²) in [7, 11) is 3.27. The third-order valence-corrected chi connectivity index (χ3v) is 6.81. The number of aromatic nitrogens is 3. The third-order valence-electron chi connectivity index (χ3n) is 6.55. The molecule has 2 atom stereocenters. The van der Waals surface area contributed by atoms with E-state index in [1.165, 1.54) is 0 Å². The number of aliphatic imine (C=N–C) groups is 1. The molecule has 0 N–H and O–H groups in total. The minimum absolute atomic E-state index is 0.0238. The van der Waals surface area contributed by atoms with E-state index in [2.05, 4.69) is 10.2 Å². The Balaban J connectivity index is 1.48. The standard InChI is InChI=1S/C28H27ClN4O4/c1-17-31-32-28-24(15-26(34)37-16-18-4-10-21(35-2)11-5-18)30-27(19-6-8-20(29)9-7-19)23-14-22(36-3)12-13-25(23)33(17)28/h4-13,23-24H,14-16H2,1-3H3/t23?,24-/m0/s1. The SMILES string of the molecule is COC1=CC=C2C(C1)C(c1ccc(Cl)cc1)=N[C@@H](CC(=O)OCc1ccc(OC)cc1)c1nnc(C)n12. The van der Waals surface area contributed by atoms with Crippen molar-refractivity contribution in [3.63, 3.8) is 0 Å². The minimum Gasteiger partial charge on any atom is -0.501 e. The fourth-order valence-corrected chi connectivity index (χ4v) is 4.78. The molecule has 1 unspecified atom stereocenters. The van der Waals surface area contributed by atoms with Crippen LogP contribution in [-0.4, -0.2) is 40.7 Å². The van der Waals surface area contributed by atoms with Gasteiger partial charge in [-0.15, -0.1) is 10.2 Å². The van der Waals surface area contributed by atoms with Gasteiger partial charge in [-0.1, -0.05) is 35.9 Å². The van der Waals surface area contributed by atoms with Crippen LogP contribution in [0.1, 0.15) is 41.7 Å². The van der Waals surface area contributed by atoms with Crippen molar-refractivity contribution in [3.8, 4) is 5.75 Å². The Kier molecular flexibility index (Phi) is 7.10. The number of rotatable bonds is 7. The molecular formula is C28H27ClN4O4. The average molecular weight is 519 g/mol. The number of ether oxygens (including phenoxy) is 3. The van der Waals surface area contributed by atoms with Gasteiger partial charge in [-0.2, -0.15) is 0 Å². The Hall–Kier alpha value is -3.91. The van der Waals surface area contributed by atoms with E-state index in [0.29, 0.717) is 17.3 Å². The predicted octanol–water partition coefficient (Wildman–Crippen LogP) is 5.32. The number of esters is 1. The number of carbonyl (C=O) groups is 1. The van der Waals surface area contributed by atoms with E-state index in [4.69, 9.17) is 30.8 Å². The van der Waals surface area contributed by atoms with Crippen molar-refractivity contribution in [2.24, 2.45) is 10.9 Å². The number of fused-ring (bicyclic) bond motifs is 3. The summed E-state index contributed by atoms with van der Waals surface area (Å²) in [5, 5.41) is 9.39. The lowest BCUT2D eigenvalue weighted by Gasteiger charge is -2.26. The van der Waals surface area contributed by atoms with Crippen molar-refractivity contribution in [2.75, 3.05) is 14.2 Å². The van der Waals surface area contributed by atoms with E-state index in [1.54, 1.807) is 14.2 Å². The molecule has 0 saturated heterocycles. The summed E-state index contributed by atoms with van der Waals surface area (Å²) in [6, 6.07) is 14.4. The fourth-order valence-electron chi connectivity index (χ4n) is 4.65. The average Bonchev–Trinajstić information content (AvgIpc) is 3.25. The molecule has 1 aliphatic heterocycles. The van der Waals surface area contributed by atoms with E-state index in [1.807, 2.05) is 72.2 Å². The Morgan fingerprint density at radius 3 is 2.49 bits per heavy atom. The lowest BCUT2D eigenvalue weighted by molar-refractivity contribution is -0.145. The Morgan fingerprint density at radius 2 is 1.78 bits per heavy atom. The topological polar surface area (TPSA) is 87.8 Å². The molecule has 0 radical (unpaired) electrons. The first-order chi connectivity index (χ1) is 18.0. The summed E-state index contributed by atoms with van der Waals surface area (Å²) in [5.41, 5.74) is 3.61. The van der Waals surface area contributed by atoms with Crippen LogP contribution in [0.5, 0.6) is 5.75 Å². The van der Waals surface area contributed by atoms with Crippen LogP contribution in [0.4, 0.5) is 0 Å². The largest absolute Gasteiger partial charge is 0.501 e. The molecule has 0 spiro atoms. The van der Waals surface area contributed by atoms with Gasteiger partial charge in [0, 0.05) is 23.1 Å². The molecule has 2 aromatic carbocycles. The van der Waals surface area contributed by atoms with Gasteiger partial charge in [0.15, 0.2) is 5.82 Å². The van der Waals surface area contributed by atoms with Gasteiger partial charge >= 0.3 is 5.97 Å². The van der Waals surface area contributed by atoms with Crippen LogP contribution in [0, 0.1) is 12.8 Å². The zero-order valence-electron chi connectivity index (χ0n) is 20.8. The number of nitrogens with zero attached hydrogens (tertiary/aromatic N) is 4. The van der Waals surface area contributed by atoms with Gasteiger partial charge in [0.05, 0.1) is 32.1 Å². The summed E-state index contributed by atoms with van der Waals surface area (Å²) in [5.74, 6) is 2.43. The molecule has 0 amide bonds. The van der Waals surface area contributed by atoms with E-state index in [0.717, 1.165) is 39.9 Å². The fraction of sp³-hybridized carbons (Fsp3) is 0.286. The van der Waals surface area contributed by atoms with Crippen molar-refractivity contribution in [1.82, 2.24) is 14.8 Å². The van der Waals surface area contributed by atoms with Crippen molar-refractivity contribution in [1.29, 1.82) is 0 Å². The first kappa shape index (κ1) is 24.8. The highest BCUT2D eigenvalue weighted by atomic mass is 35.5. The predicted molar refractivity (Wildman–Crippen MR) is 140 cm³/mol. The maximum Gasteiger partial charge on any atom is 0.308 e. The van der Waals surface area contributed by atoms with Gasteiger partial charge in [-0.05, 0) is 54.5 Å². The Labute approximate surface area is 220 Å². The van der Waals surface area contributed by atoms with Crippen molar-refractivity contribution >= 4 is 29.0 Å². The number of allylic oxidation sites excluding steroid dienone is 4. The molecular weight excluding hydrogens is 492 g/mol. The van der Waals surface area contributed by atoms with E-state index < -0.39 is 6.04 Å². The lowest BCUT2D eigenvalue weighted by Crippen LogP contribution is -2.23. The molecule has 0 bridgehead atoms. The normalized spacial score (nSPS) is 18.4. The van der Waals surface area contributed by atoms with Crippen LogP contribution in [0.2, 0.25) is 5.02 Å². The summed E-state index contributed by atoms with van der Waals surface area (Å²) in [6.07, 6.45) is 4.62. The van der Waals surface area contributed by atoms with Gasteiger partial charge in [-0.25, -0.2) is 0 Å². The maximum atomic E-state index is 13.0. The Morgan fingerprint density at radius 1 is 1.03 bits per heavy atom. The van der Waals surface area contributed by atoms with Crippen LogP contribution in [0.15, 0.2) is 71.4 Å². The highest BCUT2D eigenvalue weighted by molar-refractivity contribution is 6.30. The molecule has 8 nitrogen and oxygen atoms in total. The number of hydrogen-bond donors (Lipinski definition) is 0. The van der Waals surface area contributed by atoms with Crippen LogP contribution in [-0.2, 0) is 20.9 Å². The molecule has 3 aromatic rings. The van der Waals surface area contributed by atoms with E-state index in [-0.39, 0.29) is 24.9 Å². The molecule has 1 aliphatic carbocycles. The quantitative estimate of drug-likeness (QED) is 0.393. The molecule has 0 fully saturated rings. The lowest BCUT2D eigenvalue weighted by atomic mass is 9.87. The molecule has 0 saturated carbocycles. The van der Waals surface area contributed by atoms with Crippen LogP contribution in [0.25, 0.3) is 5.70 Å². The number of halogens is 1. The van der Waals surface area contributed by atoms with Gasteiger partial charge in [0.2, 0.25) is 0 Å². The summed E-state index contributed by atoms with van der Waals surface area (Å²) >= 11 is 6.17. The van der Waals surface area contributed by atoms with Gasteiger partial charge < -0.3 is 14.2 Å². The monoisotopic (exact) mass is 518 g/mol. The van der Waals surface area contributed by atoms with Gasteiger partial charge in [0.1, 0.15) is 24.2 Å². The van der Waals surface area contributed by atoms with Gasteiger partial charge in [0.25, 0.3) is 0 Å². The second-order valence-corrected chi connectivity index (χ2v) is 9.31. The minimum atomic E-state index is -0.576. The molecule has 2 heterocycles. The van der Waals surface area contributed by atoms with Crippen molar-refractivity contribution < 1.29 is 19.0 Å². The first-order valence-corrected chi connectivity index (χ1v) is 12.3. The van der Waals surface area contributed by atoms with Crippen molar-refractivity contribution in [3.05, 3.63) is 94.2 Å². The molecule has 5 rings (SSSR count). The number of aryl methyl sites for hydroxylation is 1. The first-order valence-electron chi connectivity index (χ1n) is 12.0. The third kappa shape index (κ3) is 5.15. The van der Waals surface area contributed by atoms with Crippen LogP contribution in [0.3, 0.4) is 0 Å². The highest BCUT2D eigenvalue weighted by Gasteiger charge is 2.36.